The molecular weight excluding hydrogens is 311 g/mol. The van der Waals surface area contributed by atoms with Crippen LogP contribution in [0.1, 0.15) is 29.8 Å². The van der Waals surface area contributed by atoms with Gasteiger partial charge in [0.25, 0.3) is 0 Å². The van der Waals surface area contributed by atoms with Gasteiger partial charge in [0.2, 0.25) is 0 Å². The molecule has 1 saturated heterocycles. The molecule has 0 atom stereocenters. The number of nitrogens with one attached hydrogen (secondary N) is 1. The van der Waals surface area contributed by atoms with Gasteiger partial charge in [-0.3, -0.25) is 4.90 Å². The number of carboxylic acids is 1. The number of carboxylic acid groups (broad SMARTS) is 1. The standard InChI is InChI=1S/C15H20F3N3O2/c16-15(17,18)10-21-8-5-11(6-9-21)4-7-19-13-3-1-2-12(20-13)14(22)23/h1-3,11H,4-10H2,(H,19,20)(H,22,23). The van der Waals surface area contributed by atoms with E-state index < -0.39 is 18.7 Å². The van der Waals surface area contributed by atoms with E-state index in [1.807, 2.05) is 0 Å². The number of halogens is 3. The van der Waals surface area contributed by atoms with Crippen LogP contribution < -0.4 is 5.32 Å². The fourth-order valence-electron chi connectivity index (χ4n) is 2.74. The maximum absolute atomic E-state index is 12.3. The minimum absolute atomic E-state index is 0.0181. The molecule has 0 aromatic carbocycles. The van der Waals surface area contributed by atoms with Crippen molar-refractivity contribution in [3.63, 3.8) is 0 Å². The van der Waals surface area contributed by atoms with E-state index in [2.05, 4.69) is 10.3 Å². The van der Waals surface area contributed by atoms with Crippen molar-refractivity contribution < 1.29 is 23.1 Å². The Morgan fingerprint density at radius 3 is 2.65 bits per heavy atom. The third-order valence-electron chi connectivity index (χ3n) is 3.94. The molecule has 8 heteroatoms. The number of anilines is 1. The van der Waals surface area contributed by atoms with Crippen molar-refractivity contribution in [1.29, 1.82) is 0 Å². The third-order valence-corrected chi connectivity index (χ3v) is 3.94. The molecule has 1 aliphatic rings. The Balaban J connectivity index is 1.70. The average molecular weight is 331 g/mol. The van der Waals surface area contributed by atoms with Gasteiger partial charge in [0, 0.05) is 6.54 Å². The van der Waals surface area contributed by atoms with Gasteiger partial charge >= 0.3 is 12.1 Å². The van der Waals surface area contributed by atoms with E-state index in [1.54, 1.807) is 12.1 Å². The summed E-state index contributed by atoms with van der Waals surface area (Å²) >= 11 is 0. The molecule has 2 N–H and O–H groups in total. The summed E-state index contributed by atoms with van der Waals surface area (Å²) in [6.07, 6.45) is -1.80. The van der Waals surface area contributed by atoms with Crippen molar-refractivity contribution >= 4 is 11.8 Å². The van der Waals surface area contributed by atoms with E-state index in [1.165, 1.54) is 11.0 Å². The van der Waals surface area contributed by atoms with Gasteiger partial charge in [-0.1, -0.05) is 6.07 Å². The highest BCUT2D eigenvalue weighted by atomic mass is 19.4. The van der Waals surface area contributed by atoms with Crippen molar-refractivity contribution in [1.82, 2.24) is 9.88 Å². The second-order valence-corrected chi connectivity index (χ2v) is 5.76. The van der Waals surface area contributed by atoms with Crippen LogP contribution in [0.5, 0.6) is 0 Å². The molecule has 1 aliphatic heterocycles. The van der Waals surface area contributed by atoms with Crippen LogP contribution in [-0.4, -0.2) is 53.3 Å². The van der Waals surface area contributed by atoms with Gasteiger partial charge in [0.05, 0.1) is 6.54 Å². The summed E-state index contributed by atoms with van der Waals surface area (Å²) in [5.41, 5.74) is -0.0181. The number of hydrogen-bond acceptors (Lipinski definition) is 4. The van der Waals surface area contributed by atoms with Crippen LogP contribution >= 0.6 is 0 Å². The summed E-state index contributed by atoms with van der Waals surface area (Å²) in [4.78, 5) is 16.2. The van der Waals surface area contributed by atoms with Crippen molar-refractivity contribution in [2.75, 3.05) is 31.5 Å². The molecule has 0 bridgehead atoms. The van der Waals surface area contributed by atoms with E-state index in [0.717, 1.165) is 19.3 Å². The first kappa shape index (κ1) is 17.5. The van der Waals surface area contributed by atoms with Gasteiger partial charge in [0.15, 0.2) is 5.69 Å². The van der Waals surface area contributed by atoms with Gasteiger partial charge in [-0.2, -0.15) is 13.2 Å². The first-order chi connectivity index (χ1) is 10.8. The number of carbonyl (C=O) groups is 1. The van der Waals surface area contributed by atoms with Crippen molar-refractivity contribution in [3.8, 4) is 0 Å². The SMILES string of the molecule is O=C(O)c1cccc(NCCC2CCN(CC(F)(F)F)CC2)n1. The van der Waals surface area contributed by atoms with Crippen LogP contribution in [0.3, 0.4) is 0 Å². The summed E-state index contributed by atoms with van der Waals surface area (Å²) in [5.74, 6) is -0.195. The Kier molecular flexibility index (Phi) is 5.81. The number of alkyl halides is 3. The lowest BCUT2D eigenvalue weighted by atomic mass is 9.93. The van der Waals surface area contributed by atoms with Gasteiger partial charge in [-0.05, 0) is 50.4 Å². The third kappa shape index (κ3) is 6.05. The minimum Gasteiger partial charge on any atom is -0.477 e. The highest BCUT2D eigenvalue weighted by Crippen LogP contribution is 2.24. The maximum atomic E-state index is 12.3. The van der Waals surface area contributed by atoms with Crippen molar-refractivity contribution in [2.24, 2.45) is 5.92 Å². The molecule has 1 aromatic heterocycles. The first-order valence-electron chi connectivity index (χ1n) is 7.57. The number of likely N-dealkylation sites (tertiary alicyclic amines) is 1. The summed E-state index contributed by atoms with van der Waals surface area (Å²) in [6.45, 7) is 0.734. The molecule has 0 spiro atoms. The lowest BCUT2D eigenvalue weighted by molar-refractivity contribution is -0.148. The Morgan fingerprint density at radius 2 is 2.04 bits per heavy atom. The van der Waals surface area contributed by atoms with Gasteiger partial charge in [-0.25, -0.2) is 9.78 Å². The number of rotatable bonds is 6. The second kappa shape index (κ2) is 7.63. The van der Waals surface area contributed by atoms with Crippen LogP contribution in [0.25, 0.3) is 0 Å². The molecule has 0 saturated carbocycles. The Labute approximate surface area is 132 Å². The van der Waals surface area contributed by atoms with Crippen molar-refractivity contribution in [2.45, 2.75) is 25.4 Å². The molecule has 2 rings (SSSR count). The predicted octanol–water partition coefficient (Wildman–Crippen LogP) is 2.86. The second-order valence-electron chi connectivity index (χ2n) is 5.76. The Morgan fingerprint density at radius 1 is 1.35 bits per heavy atom. The fraction of sp³-hybridized carbons (Fsp3) is 0.600. The Hall–Kier alpha value is -1.83. The fourth-order valence-corrected chi connectivity index (χ4v) is 2.74. The number of pyridine rings is 1. The van der Waals surface area contributed by atoms with Crippen LogP contribution in [0.2, 0.25) is 0 Å². The molecule has 1 aromatic rings. The Bertz CT molecular complexity index is 529. The van der Waals surface area contributed by atoms with Gasteiger partial charge in [-0.15, -0.1) is 0 Å². The van der Waals surface area contributed by atoms with Crippen LogP contribution in [0.4, 0.5) is 19.0 Å². The molecule has 0 radical (unpaired) electrons. The topological polar surface area (TPSA) is 65.5 Å². The molecule has 0 aliphatic carbocycles. The number of piperidine rings is 1. The summed E-state index contributed by atoms with van der Waals surface area (Å²) < 4.78 is 36.9. The van der Waals surface area contributed by atoms with E-state index in [4.69, 9.17) is 5.11 Å². The highest BCUT2D eigenvalue weighted by molar-refractivity contribution is 5.85. The normalized spacial score (nSPS) is 17.2. The highest BCUT2D eigenvalue weighted by Gasteiger charge is 2.32. The molecule has 128 valence electrons. The van der Waals surface area contributed by atoms with E-state index in [0.29, 0.717) is 31.4 Å². The molecule has 0 amide bonds. The van der Waals surface area contributed by atoms with Crippen LogP contribution in [-0.2, 0) is 0 Å². The number of nitrogens with zero attached hydrogens (tertiary/aromatic N) is 2. The lowest BCUT2D eigenvalue weighted by Gasteiger charge is -2.32. The lowest BCUT2D eigenvalue weighted by Crippen LogP contribution is -2.40. The van der Waals surface area contributed by atoms with E-state index in [9.17, 15) is 18.0 Å². The largest absolute Gasteiger partial charge is 0.477 e. The molecule has 2 heterocycles. The zero-order valence-corrected chi connectivity index (χ0v) is 12.6. The van der Waals surface area contributed by atoms with E-state index >= 15 is 0 Å². The number of aromatic nitrogens is 1. The summed E-state index contributed by atoms with van der Waals surface area (Å²) in [7, 11) is 0. The molecule has 1 fully saturated rings. The molecule has 5 nitrogen and oxygen atoms in total. The van der Waals surface area contributed by atoms with Gasteiger partial charge < -0.3 is 10.4 Å². The van der Waals surface area contributed by atoms with E-state index in [-0.39, 0.29) is 5.69 Å². The number of hydrogen-bond donors (Lipinski definition) is 2. The molecular formula is C15H20F3N3O2. The average Bonchev–Trinajstić information content (AvgIpc) is 2.48. The molecule has 0 unspecified atom stereocenters. The van der Waals surface area contributed by atoms with Crippen LogP contribution in [0.15, 0.2) is 18.2 Å². The van der Waals surface area contributed by atoms with Crippen LogP contribution in [0, 0.1) is 5.92 Å². The van der Waals surface area contributed by atoms with Gasteiger partial charge in [0.1, 0.15) is 5.82 Å². The quantitative estimate of drug-likeness (QED) is 0.839. The monoisotopic (exact) mass is 331 g/mol. The summed E-state index contributed by atoms with van der Waals surface area (Å²) in [5, 5.41) is 11.9. The predicted molar refractivity (Wildman–Crippen MR) is 79.5 cm³/mol. The maximum Gasteiger partial charge on any atom is 0.401 e. The first-order valence-corrected chi connectivity index (χ1v) is 7.57. The molecule has 23 heavy (non-hydrogen) atoms. The smallest absolute Gasteiger partial charge is 0.401 e. The van der Waals surface area contributed by atoms with Crippen molar-refractivity contribution in [3.05, 3.63) is 23.9 Å². The number of aromatic carboxylic acids is 1. The minimum atomic E-state index is -4.13. The summed E-state index contributed by atoms with van der Waals surface area (Å²) in [6, 6.07) is 4.73. The zero-order chi connectivity index (χ0) is 16.9. The zero-order valence-electron chi connectivity index (χ0n) is 12.6.